The van der Waals surface area contributed by atoms with Crippen molar-refractivity contribution in [2.24, 2.45) is 5.92 Å². The van der Waals surface area contributed by atoms with Crippen LogP contribution in [0.4, 0.5) is 19.2 Å². The molecule has 0 aliphatic carbocycles. The predicted octanol–water partition coefficient (Wildman–Crippen LogP) is 9.67. The monoisotopic (exact) mass is 904 g/mol. The number of hydrogen-bond acceptors (Lipinski definition) is 8. The van der Waals surface area contributed by atoms with Crippen LogP contribution in [0.3, 0.4) is 0 Å². The summed E-state index contributed by atoms with van der Waals surface area (Å²) in [6.07, 6.45) is 7.37. The van der Waals surface area contributed by atoms with Crippen LogP contribution in [-0.4, -0.2) is 111 Å². The third-order valence-electron chi connectivity index (χ3n) is 10.1. The molecule has 0 aromatic heterocycles. The number of piperidine rings is 2. The van der Waals surface area contributed by atoms with E-state index in [0.717, 1.165) is 95.2 Å². The molecule has 4 heterocycles. The number of nitrogens with zero attached hydrogens (tertiary/aromatic N) is 4. The summed E-state index contributed by atoms with van der Waals surface area (Å²) < 4.78 is 22.2. The molecule has 0 saturated carbocycles. The van der Waals surface area contributed by atoms with E-state index in [1.807, 2.05) is 107 Å². The van der Waals surface area contributed by atoms with Gasteiger partial charge in [0.15, 0.2) is 0 Å². The second kappa shape index (κ2) is 22.4. The summed E-state index contributed by atoms with van der Waals surface area (Å²) in [4.78, 5) is 55.3. The van der Waals surface area contributed by atoms with Gasteiger partial charge in [0.1, 0.15) is 24.4 Å². The first-order valence-corrected chi connectivity index (χ1v) is 21.9. The highest BCUT2D eigenvalue weighted by Gasteiger charge is 2.39. The number of carbonyl (C=O) groups excluding carboxylic acids is 4. The summed E-state index contributed by atoms with van der Waals surface area (Å²) in [5, 5.41) is 0. The molecule has 316 valence electrons. The van der Waals surface area contributed by atoms with Crippen molar-refractivity contribution in [3.63, 3.8) is 0 Å². The van der Waals surface area contributed by atoms with Crippen molar-refractivity contribution in [2.75, 3.05) is 45.8 Å². The van der Waals surface area contributed by atoms with Gasteiger partial charge in [-0.05, 0) is 110 Å². The van der Waals surface area contributed by atoms with E-state index in [4.69, 9.17) is 18.9 Å². The normalized spacial score (nSPS) is 19.1. The first-order valence-electron chi connectivity index (χ1n) is 20.6. The molecule has 12 nitrogen and oxygen atoms in total. The SMILES string of the molecule is CC(C)(C)OC(=O)N1CCCC1.CC(C)(C)OC(=O)N1CCCC1C1CCN(C(=O)OCc2ccccc2)CC1.O=C(OCc1ccccc1)N1CCC(I)CC1. The van der Waals surface area contributed by atoms with E-state index in [-0.39, 0.29) is 36.0 Å². The fourth-order valence-corrected chi connectivity index (χ4v) is 7.73. The third-order valence-corrected chi connectivity index (χ3v) is 11.4. The highest BCUT2D eigenvalue weighted by Crippen LogP contribution is 2.32. The Bertz CT molecular complexity index is 1530. The molecule has 13 heteroatoms. The minimum absolute atomic E-state index is 0.167. The largest absolute Gasteiger partial charge is 0.445 e. The summed E-state index contributed by atoms with van der Waals surface area (Å²) in [6.45, 7) is 17.5. The van der Waals surface area contributed by atoms with Crippen LogP contribution in [0.15, 0.2) is 60.7 Å². The molecule has 57 heavy (non-hydrogen) atoms. The van der Waals surface area contributed by atoms with Crippen LogP contribution in [0.5, 0.6) is 0 Å². The van der Waals surface area contributed by atoms with E-state index in [0.29, 0.717) is 36.1 Å². The highest BCUT2D eigenvalue weighted by molar-refractivity contribution is 14.1. The molecule has 0 N–H and O–H groups in total. The first kappa shape index (κ1) is 45.9. The van der Waals surface area contributed by atoms with Gasteiger partial charge in [0.2, 0.25) is 0 Å². The van der Waals surface area contributed by atoms with Gasteiger partial charge >= 0.3 is 24.4 Å². The van der Waals surface area contributed by atoms with Crippen molar-refractivity contribution in [1.82, 2.24) is 19.6 Å². The minimum Gasteiger partial charge on any atom is -0.445 e. The second-order valence-electron chi connectivity index (χ2n) is 17.1. The molecular formula is C44H65IN4O8. The summed E-state index contributed by atoms with van der Waals surface area (Å²) in [7, 11) is 0. The number of halogens is 1. The molecule has 4 aliphatic rings. The summed E-state index contributed by atoms with van der Waals surface area (Å²) in [6, 6.07) is 19.7. The summed E-state index contributed by atoms with van der Waals surface area (Å²) in [5.41, 5.74) is 1.18. The molecule has 4 amide bonds. The van der Waals surface area contributed by atoms with Crippen LogP contribution in [0, 0.1) is 5.92 Å². The van der Waals surface area contributed by atoms with Gasteiger partial charge in [-0.1, -0.05) is 83.3 Å². The molecule has 1 unspecified atom stereocenters. The zero-order valence-electron chi connectivity index (χ0n) is 35.0. The Morgan fingerprint density at radius 3 is 1.42 bits per heavy atom. The van der Waals surface area contributed by atoms with Crippen molar-refractivity contribution in [2.45, 2.75) is 127 Å². The van der Waals surface area contributed by atoms with E-state index >= 15 is 0 Å². The van der Waals surface area contributed by atoms with Crippen molar-refractivity contribution in [3.8, 4) is 0 Å². The maximum atomic E-state index is 12.5. The predicted molar refractivity (Wildman–Crippen MR) is 229 cm³/mol. The Morgan fingerprint density at radius 1 is 0.544 bits per heavy atom. The van der Waals surface area contributed by atoms with Gasteiger partial charge in [-0.3, -0.25) is 0 Å². The summed E-state index contributed by atoms with van der Waals surface area (Å²) >= 11 is 2.44. The van der Waals surface area contributed by atoms with E-state index < -0.39 is 5.60 Å². The zero-order chi connectivity index (χ0) is 41.4. The molecule has 1 atom stereocenters. The van der Waals surface area contributed by atoms with E-state index in [1.165, 1.54) is 0 Å². The summed E-state index contributed by atoms with van der Waals surface area (Å²) in [5.74, 6) is 0.410. The van der Waals surface area contributed by atoms with Crippen molar-refractivity contribution in [1.29, 1.82) is 0 Å². The number of alkyl halides is 1. The number of carbonyl (C=O) groups is 4. The zero-order valence-corrected chi connectivity index (χ0v) is 37.1. The maximum absolute atomic E-state index is 12.5. The Balaban J connectivity index is 0.000000210. The highest BCUT2D eigenvalue weighted by atomic mass is 127. The average Bonchev–Trinajstić information content (AvgIpc) is 3.91. The first-order chi connectivity index (χ1) is 27.1. The van der Waals surface area contributed by atoms with Gasteiger partial charge in [-0.15, -0.1) is 0 Å². The molecule has 6 rings (SSSR count). The van der Waals surface area contributed by atoms with E-state index in [2.05, 4.69) is 22.6 Å². The number of amides is 4. The van der Waals surface area contributed by atoms with E-state index in [1.54, 1.807) is 14.7 Å². The lowest BCUT2D eigenvalue weighted by Crippen LogP contribution is -2.47. The van der Waals surface area contributed by atoms with E-state index in [9.17, 15) is 19.2 Å². The van der Waals surface area contributed by atoms with Crippen molar-refractivity contribution < 1.29 is 38.1 Å². The van der Waals surface area contributed by atoms with Crippen LogP contribution >= 0.6 is 22.6 Å². The molecule has 4 aliphatic heterocycles. The van der Waals surface area contributed by atoms with Crippen LogP contribution in [0.25, 0.3) is 0 Å². The van der Waals surface area contributed by atoms with Gasteiger partial charge in [0.05, 0.1) is 0 Å². The molecule has 4 saturated heterocycles. The molecule has 4 fully saturated rings. The van der Waals surface area contributed by atoms with Crippen molar-refractivity contribution in [3.05, 3.63) is 71.8 Å². The number of hydrogen-bond donors (Lipinski definition) is 0. The molecular weight excluding hydrogens is 839 g/mol. The topological polar surface area (TPSA) is 118 Å². The Kier molecular flexibility index (Phi) is 18.1. The van der Waals surface area contributed by atoms with Gasteiger partial charge in [0.25, 0.3) is 0 Å². The number of ether oxygens (including phenoxy) is 4. The number of benzene rings is 2. The fourth-order valence-electron chi connectivity index (χ4n) is 7.17. The maximum Gasteiger partial charge on any atom is 0.410 e. The Labute approximate surface area is 354 Å². The molecule has 2 aromatic rings. The number of likely N-dealkylation sites (tertiary alicyclic amines) is 4. The number of rotatable bonds is 5. The third kappa shape index (κ3) is 16.6. The Morgan fingerprint density at radius 2 is 0.965 bits per heavy atom. The molecule has 2 aromatic carbocycles. The fraction of sp³-hybridized carbons (Fsp3) is 0.636. The molecule has 0 radical (unpaired) electrons. The second-order valence-corrected chi connectivity index (χ2v) is 18.9. The lowest BCUT2D eigenvalue weighted by atomic mass is 9.88. The standard InChI is InChI=1S/C22H32N2O4.C13H16INO2.C9H17NO2/c1-22(2,3)28-21(26)24-13-7-10-19(24)18-11-14-23(15-12-18)20(25)27-16-17-8-5-4-6-9-17;14-12-6-8-15(9-7-12)13(16)17-10-11-4-2-1-3-5-11;1-9(2,3)12-8(11)10-6-4-5-7-10/h4-6,8-9,18-19H,7,10-16H2,1-3H3;1-5,12H,6-10H2;4-7H2,1-3H3. The van der Waals surface area contributed by atoms with Gasteiger partial charge in [-0.25, -0.2) is 19.2 Å². The minimum atomic E-state index is -0.476. The van der Waals surface area contributed by atoms with Gasteiger partial charge < -0.3 is 38.5 Å². The van der Waals surface area contributed by atoms with Crippen molar-refractivity contribution >= 4 is 47.0 Å². The lowest BCUT2D eigenvalue weighted by Gasteiger charge is -2.38. The quantitative estimate of drug-likeness (QED) is 0.166. The lowest BCUT2D eigenvalue weighted by molar-refractivity contribution is 0.0126. The molecule has 0 spiro atoms. The van der Waals surface area contributed by atoms with Crippen LogP contribution in [-0.2, 0) is 32.2 Å². The van der Waals surface area contributed by atoms with Crippen LogP contribution in [0.2, 0.25) is 0 Å². The van der Waals surface area contributed by atoms with Gasteiger partial charge in [-0.2, -0.15) is 0 Å². The van der Waals surface area contributed by atoms with Crippen LogP contribution < -0.4 is 0 Å². The van der Waals surface area contributed by atoms with Gasteiger partial charge in [0, 0.05) is 55.8 Å². The average molecular weight is 905 g/mol. The Hall–Kier alpha value is -3.75. The smallest absolute Gasteiger partial charge is 0.410 e. The molecule has 0 bridgehead atoms. The van der Waals surface area contributed by atoms with Crippen LogP contribution in [0.1, 0.15) is 104 Å².